The lowest BCUT2D eigenvalue weighted by Gasteiger charge is -2.47. The lowest BCUT2D eigenvalue weighted by atomic mass is 9.75. The highest BCUT2D eigenvalue weighted by atomic mass is 32.2. The average Bonchev–Trinajstić information content (AvgIpc) is 3.79. The highest BCUT2D eigenvalue weighted by molar-refractivity contribution is 7.92. The number of amides is 1. The van der Waals surface area contributed by atoms with E-state index in [4.69, 9.17) is 10.2 Å². The monoisotopic (exact) mass is 565 g/mol. The first kappa shape index (κ1) is 21.3. The standard InChI is InChI=1S/C31H36N4O4S/c1-19(2)13-23-18-39-27-15-26(28-20(3)7-5-8-21(28)4)32-30(33-27)34-40(37,38)25-10-6-9-22(14-25)29(36)35(23)24-16-31(17-24)11-12-31/h5-10,14-15,19,23-24H,11-13,16-18H2,1-4H3,(H,32,33,34)/t23-/m1/s1/i16D2,17D2,24D. The van der Waals surface area contributed by atoms with Gasteiger partial charge >= 0.3 is 0 Å². The topological polar surface area (TPSA) is 101 Å². The van der Waals surface area contributed by atoms with Gasteiger partial charge in [-0.05, 0) is 86.5 Å². The predicted octanol–water partition coefficient (Wildman–Crippen LogP) is 5.75. The number of hydrogen-bond acceptors (Lipinski definition) is 6. The van der Waals surface area contributed by atoms with Crippen molar-refractivity contribution in [3.63, 3.8) is 0 Å². The zero-order chi connectivity index (χ0) is 32.7. The predicted molar refractivity (Wildman–Crippen MR) is 154 cm³/mol. The lowest BCUT2D eigenvalue weighted by Crippen LogP contribution is -2.55. The fraction of sp³-hybridized carbons (Fsp3) is 0.452. The summed E-state index contributed by atoms with van der Waals surface area (Å²) < 4.78 is 81.2. The second-order valence-electron chi connectivity index (χ2n) is 11.3. The molecular weight excluding hydrogens is 524 g/mol. The van der Waals surface area contributed by atoms with Gasteiger partial charge in [-0.3, -0.25) is 4.79 Å². The zero-order valence-corrected chi connectivity index (χ0v) is 23.8. The summed E-state index contributed by atoms with van der Waals surface area (Å²) in [6.07, 6.45) is -3.98. The van der Waals surface area contributed by atoms with E-state index in [1.165, 1.54) is 18.2 Å². The van der Waals surface area contributed by atoms with Crippen LogP contribution in [0.25, 0.3) is 11.3 Å². The third-order valence-electron chi connectivity index (χ3n) is 7.51. The molecule has 40 heavy (non-hydrogen) atoms. The number of carbonyl (C=O) groups is 1. The molecule has 6 rings (SSSR count). The van der Waals surface area contributed by atoms with Crippen LogP contribution in [0, 0.1) is 25.2 Å². The summed E-state index contributed by atoms with van der Waals surface area (Å²) in [4.78, 5) is 24.0. The first-order valence-corrected chi connectivity index (χ1v) is 15.0. The van der Waals surface area contributed by atoms with Crippen LogP contribution >= 0.6 is 0 Å². The summed E-state index contributed by atoms with van der Waals surface area (Å²) in [7, 11) is -4.33. The maximum Gasteiger partial charge on any atom is 0.264 e. The van der Waals surface area contributed by atoms with E-state index in [0.29, 0.717) is 5.69 Å². The minimum atomic E-state index is -4.33. The van der Waals surface area contributed by atoms with Gasteiger partial charge in [-0.1, -0.05) is 38.1 Å². The molecule has 0 radical (unpaired) electrons. The van der Waals surface area contributed by atoms with Gasteiger partial charge in [-0.2, -0.15) is 4.98 Å². The molecule has 3 aromatic rings. The maximum atomic E-state index is 14.4. The minimum Gasteiger partial charge on any atom is -0.475 e. The van der Waals surface area contributed by atoms with Crippen LogP contribution < -0.4 is 9.46 Å². The van der Waals surface area contributed by atoms with E-state index in [-0.39, 0.29) is 54.1 Å². The lowest BCUT2D eigenvalue weighted by molar-refractivity contribution is 0.00919. The Bertz CT molecular complexity index is 1770. The molecule has 0 saturated heterocycles. The Morgan fingerprint density at radius 3 is 2.50 bits per heavy atom. The fourth-order valence-corrected chi connectivity index (χ4v) is 6.37. The van der Waals surface area contributed by atoms with E-state index in [9.17, 15) is 14.6 Å². The summed E-state index contributed by atoms with van der Waals surface area (Å²) in [5.41, 5.74) is 1.47. The van der Waals surface area contributed by atoms with Crippen molar-refractivity contribution in [3.8, 4) is 17.1 Å². The molecule has 1 N–H and O–H groups in total. The number of nitrogens with zero attached hydrogens (tertiary/aromatic N) is 3. The van der Waals surface area contributed by atoms with Crippen LogP contribution in [0.5, 0.6) is 5.88 Å². The quantitative estimate of drug-likeness (QED) is 0.432. The van der Waals surface area contributed by atoms with Gasteiger partial charge in [-0.25, -0.2) is 18.1 Å². The van der Waals surface area contributed by atoms with E-state index in [1.807, 2.05) is 45.9 Å². The molecule has 1 atom stereocenters. The Morgan fingerprint density at radius 2 is 1.82 bits per heavy atom. The van der Waals surface area contributed by atoms with Crippen LogP contribution in [0.3, 0.4) is 0 Å². The third-order valence-corrected chi connectivity index (χ3v) is 8.84. The van der Waals surface area contributed by atoms with Crippen molar-refractivity contribution in [1.29, 1.82) is 0 Å². The zero-order valence-electron chi connectivity index (χ0n) is 28.0. The number of hydrogen-bond donors (Lipinski definition) is 1. The summed E-state index contributed by atoms with van der Waals surface area (Å²) in [6, 6.07) is 8.93. The SMILES string of the molecule is [2H]C1([2H])C2(CC2)C([2H])([2H])C1([2H])N1C(=O)c2cccc(c2)S(=O)(=O)Nc2nc(cc(-c3c(C)cccc3C)n2)OC[C@H]1CC(C)C. The molecule has 2 aromatic carbocycles. The third kappa shape index (κ3) is 5.07. The molecule has 1 aliphatic heterocycles. The molecular formula is C31H36N4O4S. The highest BCUT2D eigenvalue weighted by Gasteiger charge is 2.56. The first-order chi connectivity index (χ1) is 21.0. The van der Waals surface area contributed by atoms with E-state index in [0.717, 1.165) is 27.7 Å². The molecule has 4 bridgehead atoms. The van der Waals surface area contributed by atoms with Crippen molar-refractivity contribution >= 4 is 21.9 Å². The second-order valence-corrected chi connectivity index (χ2v) is 12.9. The van der Waals surface area contributed by atoms with Crippen molar-refractivity contribution in [2.45, 2.75) is 76.7 Å². The Labute approximate surface area is 243 Å². The van der Waals surface area contributed by atoms with Gasteiger partial charge in [-0.15, -0.1) is 0 Å². The molecule has 2 aliphatic carbocycles. The van der Waals surface area contributed by atoms with Crippen LogP contribution in [-0.4, -0.2) is 47.9 Å². The molecule has 1 amide bonds. The Morgan fingerprint density at radius 1 is 1.12 bits per heavy atom. The molecule has 8 nitrogen and oxygen atoms in total. The van der Waals surface area contributed by atoms with Crippen molar-refractivity contribution < 1.29 is 24.8 Å². The van der Waals surface area contributed by atoms with E-state index in [2.05, 4.69) is 14.7 Å². The largest absolute Gasteiger partial charge is 0.475 e. The summed E-state index contributed by atoms with van der Waals surface area (Å²) in [5.74, 6) is -1.14. The van der Waals surface area contributed by atoms with Gasteiger partial charge in [0.25, 0.3) is 15.9 Å². The first-order valence-electron chi connectivity index (χ1n) is 16.0. The van der Waals surface area contributed by atoms with Crippen molar-refractivity contribution in [3.05, 3.63) is 65.2 Å². The molecule has 210 valence electrons. The van der Waals surface area contributed by atoms with Crippen LogP contribution in [0.1, 0.15) is 74.2 Å². The van der Waals surface area contributed by atoms with Crippen molar-refractivity contribution in [2.75, 3.05) is 11.3 Å². The average molecular weight is 566 g/mol. The Hall–Kier alpha value is -3.46. The number of aromatic nitrogens is 2. The number of rotatable bonds is 4. The highest BCUT2D eigenvalue weighted by Crippen LogP contribution is 2.62. The van der Waals surface area contributed by atoms with E-state index in [1.54, 1.807) is 6.07 Å². The smallest absolute Gasteiger partial charge is 0.264 e. The molecule has 3 aliphatic rings. The van der Waals surface area contributed by atoms with Gasteiger partial charge < -0.3 is 9.64 Å². The van der Waals surface area contributed by atoms with Gasteiger partial charge in [0.15, 0.2) is 0 Å². The van der Waals surface area contributed by atoms with Gasteiger partial charge in [0.2, 0.25) is 11.8 Å². The Balaban J connectivity index is 1.56. The van der Waals surface area contributed by atoms with Crippen LogP contribution in [-0.2, 0) is 10.0 Å². The number of anilines is 1. The number of nitrogens with one attached hydrogen (secondary N) is 1. The molecule has 1 aromatic heterocycles. The van der Waals surface area contributed by atoms with Crippen LogP contribution in [0.4, 0.5) is 5.95 Å². The molecule has 2 fully saturated rings. The minimum absolute atomic E-state index is 0.00443. The van der Waals surface area contributed by atoms with Crippen molar-refractivity contribution in [1.82, 2.24) is 14.9 Å². The van der Waals surface area contributed by atoms with E-state index >= 15 is 0 Å². The Kier molecular flexibility index (Phi) is 5.26. The number of ether oxygens (including phenoxy) is 1. The summed E-state index contributed by atoms with van der Waals surface area (Å²) >= 11 is 0. The fourth-order valence-electron chi connectivity index (χ4n) is 5.38. The number of sulfonamides is 1. The van der Waals surface area contributed by atoms with Gasteiger partial charge in [0, 0.05) is 28.7 Å². The van der Waals surface area contributed by atoms with Crippen molar-refractivity contribution in [2.24, 2.45) is 11.3 Å². The molecule has 2 saturated carbocycles. The van der Waals surface area contributed by atoms with E-state index < -0.39 is 46.2 Å². The number of carbonyl (C=O) groups excluding carboxylic acids is 1. The van der Waals surface area contributed by atoms with Gasteiger partial charge in [0.1, 0.15) is 6.61 Å². The molecule has 1 spiro atoms. The van der Waals surface area contributed by atoms with Crippen LogP contribution in [0.2, 0.25) is 0 Å². The maximum absolute atomic E-state index is 14.4. The molecule has 9 heteroatoms. The summed E-state index contributed by atoms with van der Waals surface area (Å²) in [5, 5.41) is 0. The summed E-state index contributed by atoms with van der Waals surface area (Å²) in [6.45, 7) is 7.38. The number of fused-ring (bicyclic) bond motifs is 4. The number of benzene rings is 2. The second kappa shape index (κ2) is 9.87. The number of aryl methyl sites for hydroxylation is 2. The normalized spacial score (nSPS) is 26.6. The van der Waals surface area contributed by atoms with Crippen LogP contribution in [0.15, 0.2) is 53.4 Å². The molecule has 2 heterocycles. The molecule has 0 unspecified atom stereocenters. The van der Waals surface area contributed by atoms with Gasteiger partial charge in [0.05, 0.1) is 18.0 Å².